The summed E-state index contributed by atoms with van der Waals surface area (Å²) >= 11 is 0. The maximum Gasteiger partial charge on any atom is 0.0952 e. The van der Waals surface area contributed by atoms with E-state index < -0.39 is 0 Å². The van der Waals surface area contributed by atoms with E-state index in [-0.39, 0.29) is 11.2 Å². The van der Waals surface area contributed by atoms with Gasteiger partial charge in [0.15, 0.2) is 0 Å². The molecule has 122 valence electrons. The lowest BCUT2D eigenvalue weighted by Crippen LogP contribution is -2.27. The molecule has 0 bridgehead atoms. The molecule has 0 heterocycles. The van der Waals surface area contributed by atoms with Gasteiger partial charge >= 0.3 is 0 Å². The van der Waals surface area contributed by atoms with Gasteiger partial charge in [-0.2, -0.15) is 0 Å². The highest BCUT2D eigenvalue weighted by Gasteiger charge is 2.18. The molecular formula is C18H38O2. The van der Waals surface area contributed by atoms with Gasteiger partial charge in [-0.25, -0.2) is 9.78 Å². The molecule has 20 heavy (non-hydrogen) atoms. The molecule has 0 aromatic heterocycles. The molecule has 0 radical (unpaired) electrons. The van der Waals surface area contributed by atoms with Gasteiger partial charge in [-0.3, -0.25) is 0 Å². The van der Waals surface area contributed by atoms with E-state index in [0.29, 0.717) is 0 Å². The fourth-order valence-corrected chi connectivity index (χ4v) is 2.22. The van der Waals surface area contributed by atoms with Crippen molar-refractivity contribution in [3.63, 3.8) is 0 Å². The molecule has 1 saturated carbocycles. The molecule has 1 fully saturated rings. The standard InChI is InChI=1S/C10H20.C8H18O2/c1-2-3-7-10-8-5-4-6-9-10;1-7(2,3)9-10-8(4,5)6/h10H,2-9H2,1H3;1-6H3. The van der Waals surface area contributed by atoms with Gasteiger partial charge in [0.2, 0.25) is 0 Å². The fraction of sp³-hybridized carbons (Fsp3) is 1.00. The van der Waals surface area contributed by atoms with Gasteiger partial charge in [0.1, 0.15) is 0 Å². The number of hydrogen-bond donors (Lipinski definition) is 0. The van der Waals surface area contributed by atoms with Gasteiger partial charge in [0.05, 0.1) is 11.2 Å². The van der Waals surface area contributed by atoms with Crippen LogP contribution in [0.2, 0.25) is 0 Å². The summed E-state index contributed by atoms with van der Waals surface area (Å²) in [6, 6.07) is 0. The third-order valence-electron chi connectivity index (χ3n) is 3.23. The molecule has 1 aliphatic carbocycles. The maximum atomic E-state index is 5.09. The first-order valence-electron chi connectivity index (χ1n) is 8.51. The summed E-state index contributed by atoms with van der Waals surface area (Å²) in [5.41, 5.74) is -0.430. The first kappa shape index (κ1) is 19.9. The van der Waals surface area contributed by atoms with E-state index in [1.54, 1.807) is 0 Å². The van der Waals surface area contributed by atoms with Crippen molar-refractivity contribution < 1.29 is 9.78 Å². The van der Waals surface area contributed by atoms with Crippen molar-refractivity contribution in [2.24, 2.45) is 5.92 Å². The molecule has 0 amide bonds. The van der Waals surface area contributed by atoms with Crippen LogP contribution in [0, 0.1) is 5.92 Å². The maximum absolute atomic E-state index is 5.09. The van der Waals surface area contributed by atoms with E-state index in [0.717, 1.165) is 5.92 Å². The van der Waals surface area contributed by atoms with E-state index in [1.165, 1.54) is 51.4 Å². The second-order valence-electron chi connectivity index (χ2n) is 8.04. The first-order chi connectivity index (χ1) is 9.14. The predicted molar refractivity (Wildman–Crippen MR) is 87.8 cm³/mol. The fourth-order valence-electron chi connectivity index (χ4n) is 2.22. The zero-order chi connectivity index (χ0) is 15.6. The molecule has 2 nitrogen and oxygen atoms in total. The van der Waals surface area contributed by atoms with Crippen molar-refractivity contribution >= 4 is 0 Å². The summed E-state index contributed by atoms with van der Waals surface area (Å²) in [7, 11) is 0. The molecule has 1 aliphatic rings. The van der Waals surface area contributed by atoms with Crippen LogP contribution < -0.4 is 0 Å². The summed E-state index contributed by atoms with van der Waals surface area (Å²) in [5, 5.41) is 0. The smallest absolute Gasteiger partial charge is 0.0952 e. The number of unbranched alkanes of at least 4 members (excludes halogenated alkanes) is 1. The van der Waals surface area contributed by atoms with E-state index in [9.17, 15) is 0 Å². The number of rotatable bonds is 4. The van der Waals surface area contributed by atoms with Crippen LogP contribution in [0.1, 0.15) is 99.8 Å². The van der Waals surface area contributed by atoms with Crippen molar-refractivity contribution in [2.45, 2.75) is 111 Å². The van der Waals surface area contributed by atoms with E-state index in [4.69, 9.17) is 9.78 Å². The van der Waals surface area contributed by atoms with E-state index >= 15 is 0 Å². The quantitative estimate of drug-likeness (QED) is 0.446. The summed E-state index contributed by atoms with van der Waals surface area (Å²) < 4.78 is 0. The topological polar surface area (TPSA) is 18.5 Å². The summed E-state index contributed by atoms with van der Waals surface area (Å²) in [4.78, 5) is 10.2. The predicted octanol–water partition coefficient (Wildman–Crippen LogP) is 6.29. The molecular weight excluding hydrogens is 248 g/mol. The Morgan fingerprint density at radius 1 is 0.800 bits per heavy atom. The van der Waals surface area contributed by atoms with Crippen LogP contribution in [0.15, 0.2) is 0 Å². The Morgan fingerprint density at radius 2 is 1.25 bits per heavy atom. The minimum absolute atomic E-state index is 0.215. The highest BCUT2D eigenvalue weighted by Crippen LogP contribution is 2.27. The van der Waals surface area contributed by atoms with Gasteiger partial charge in [0.25, 0.3) is 0 Å². The van der Waals surface area contributed by atoms with Gasteiger partial charge in [-0.1, -0.05) is 58.3 Å². The van der Waals surface area contributed by atoms with Crippen LogP contribution in [-0.4, -0.2) is 11.2 Å². The van der Waals surface area contributed by atoms with Crippen LogP contribution in [0.4, 0.5) is 0 Å². The highest BCUT2D eigenvalue weighted by atomic mass is 17.2. The lowest BCUT2D eigenvalue weighted by Gasteiger charge is -2.24. The van der Waals surface area contributed by atoms with Crippen molar-refractivity contribution in [3.8, 4) is 0 Å². The Labute approximate surface area is 127 Å². The Kier molecular flexibility index (Phi) is 9.74. The molecule has 1 rings (SSSR count). The molecule has 0 aromatic carbocycles. The summed E-state index contributed by atoms with van der Waals surface area (Å²) in [5.74, 6) is 1.11. The second kappa shape index (κ2) is 9.78. The van der Waals surface area contributed by atoms with E-state index in [2.05, 4.69) is 6.92 Å². The van der Waals surface area contributed by atoms with Crippen LogP contribution >= 0.6 is 0 Å². The molecule has 0 aromatic rings. The van der Waals surface area contributed by atoms with Crippen molar-refractivity contribution in [2.75, 3.05) is 0 Å². The van der Waals surface area contributed by atoms with E-state index in [1.807, 2.05) is 41.5 Å². The SMILES string of the molecule is CC(C)(C)OOC(C)(C)C.CCCCC1CCCCC1. The average Bonchev–Trinajstić information content (AvgIpc) is 2.35. The molecule has 0 atom stereocenters. The van der Waals surface area contributed by atoms with Crippen molar-refractivity contribution in [3.05, 3.63) is 0 Å². The monoisotopic (exact) mass is 286 g/mol. The normalized spacial score (nSPS) is 17.6. The lowest BCUT2D eigenvalue weighted by molar-refractivity contribution is -0.393. The Hall–Kier alpha value is -0.0800. The minimum Gasteiger partial charge on any atom is -0.230 e. The average molecular weight is 287 g/mol. The first-order valence-corrected chi connectivity index (χ1v) is 8.51. The van der Waals surface area contributed by atoms with Crippen molar-refractivity contribution in [1.29, 1.82) is 0 Å². The van der Waals surface area contributed by atoms with Crippen molar-refractivity contribution in [1.82, 2.24) is 0 Å². The highest BCUT2D eigenvalue weighted by molar-refractivity contribution is 4.65. The molecule has 0 spiro atoms. The zero-order valence-corrected chi connectivity index (χ0v) is 15.1. The Bertz CT molecular complexity index is 203. The molecule has 2 heteroatoms. The molecule has 0 N–H and O–H groups in total. The molecule has 0 saturated heterocycles. The summed E-state index contributed by atoms with van der Waals surface area (Å²) in [6.45, 7) is 14.0. The lowest BCUT2D eigenvalue weighted by atomic mass is 9.86. The van der Waals surface area contributed by atoms with Gasteiger partial charge in [-0.05, 0) is 47.5 Å². The van der Waals surface area contributed by atoms with Crippen LogP contribution in [0.5, 0.6) is 0 Å². The Morgan fingerprint density at radius 3 is 1.60 bits per heavy atom. The molecule has 0 unspecified atom stereocenters. The number of hydrogen-bond acceptors (Lipinski definition) is 2. The van der Waals surface area contributed by atoms with Gasteiger partial charge < -0.3 is 0 Å². The largest absolute Gasteiger partial charge is 0.230 e. The van der Waals surface area contributed by atoms with Crippen LogP contribution in [0.25, 0.3) is 0 Å². The van der Waals surface area contributed by atoms with Gasteiger partial charge in [-0.15, -0.1) is 0 Å². The second-order valence-corrected chi connectivity index (χ2v) is 8.04. The third kappa shape index (κ3) is 14.3. The minimum atomic E-state index is -0.215. The van der Waals surface area contributed by atoms with Crippen LogP contribution in [0.3, 0.4) is 0 Å². The van der Waals surface area contributed by atoms with Gasteiger partial charge in [0, 0.05) is 0 Å². The Balaban J connectivity index is 0.000000361. The summed E-state index contributed by atoms with van der Waals surface area (Å²) in [6.07, 6.45) is 11.9. The molecule has 0 aliphatic heterocycles. The zero-order valence-electron chi connectivity index (χ0n) is 15.1. The third-order valence-corrected chi connectivity index (χ3v) is 3.23. The van der Waals surface area contributed by atoms with Crippen LogP contribution in [-0.2, 0) is 9.78 Å².